The van der Waals surface area contributed by atoms with Crippen LogP contribution in [0.25, 0.3) is 0 Å². The van der Waals surface area contributed by atoms with Crippen LogP contribution in [0, 0.1) is 0 Å². The molecule has 0 fully saturated rings. The molecular formula is C8H20N2S4. The number of rotatable bonds is 7. The summed E-state index contributed by atoms with van der Waals surface area (Å²) in [6, 6.07) is 0. The zero-order valence-corrected chi connectivity index (χ0v) is 12.6. The normalized spacial score (nSPS) is 16.0. The molecule has 6 heteroatoms. The first-order valence-corrected chi connectivity index (χ1v) is 10.6. The van der Waals surface area contributed by atoms with Gasteiger partial charge in [0.15, 0.2) is 0 Å². The lowest BCUT2D eigenvalue weighted by Gasteiger charge is -2.01. The Balaban J connectivity index is 4.28. The van der Waals surface area contributed by atoms with Crippen LogP contribution in [0.5, 0.6) is 0 Å². The Morgan fingerprint density at radius 3 is 1.36 bits per heavy atom. The van der Waals surface area contributed by atoms with Gasteiger partial charge in [-0.05, 0) is 19.4 Å². The van der Waals surface area contributed by atoms with Gasteiger partial charge in [-0.15, -0.1) is 8.94 Å². The van der Waals surface area contributed by atoms with Gasteiger partial charge in [-0.1, -0.05) is 49.3 Å². The first-order chi connectivity index (χ1) is 6.78. The minimum Gasteiger partial charge on any atom is -0.110 e. The molecule has 0 bridgehead atoms. The second-order valence-corrected chi connectivity index (χ2v) is 10.3. The largest absolute Gasteiger partial charge is 0.110 e. The molecule has 0 aliphatic rings. The maximum Gasteiger partial charge on any atom is 0.0133 e. The van der Waals surface area contributed by atoms with Crippen molar-refractivity contribution in [1.29, 1.82) is 0 Å². The van der Waals surface area contributed by atoms with Crippen molar-refractivity contribution in [2.75, 3.05) is 23.0 Å². The van der Waals surface area contributed by atoms with E-state index < -0.39 is 0 Å². The van der Waals surface area contributed by atoms with E-state index in [4.69, 9.17) is 0 Å². The Bertz CT molecular complexity index is 182. The van der Waals surface area contributed by atoms with Crippen molar-refractivity contribution in [3.05, 3.63) is 0 Å². The molecule has 0 aliphatic carbocycles. The highest BCUT2D eigenvalue weighted by molar-refractivity contribution is 8.70. The molecule has 2 unspecified atom stereocenters. The van der Waals surface area contributed by atoms with E-state index in [2.05, 4.69) is 36.6 Å². The van der Waals surface area contributed by atoms with Crippen molar-refractivity contribution in [1.82, 2.24) is 0 Å². The van der Waals surface area contributed by atoms with E-state index in [9.17, 15) is 0 Å². The molecule has 2 nitrogen and oxygen atoms in total. The zero-order chi connectivity index (χ0) is 10.8. The lowest BCUT2D eigenvalue weighted by atomic mass is 11.0. The van der Waals surface area contributed by atoms with Crippen LogP contribution >= 0.6 is 21.6 Å². The second kappa shape index (κ2) is 10.5. The quantitative estimate of drug-likeness (QED) is 0.519. The average molecular weight is 273 g/mol. The van der Waals surface area contributed by atoms with E-state index in [1.165, 1.54) is 0 Å². The molecule has 0 amide bonds. The Labute approximate surface area is 100 Å². The molecule has 0 rings (SSSR count). The van der Waals surface area contributed by atoms with Crippen LogP contribution in [0.2, 0.25) is 0 Å². The number of hydrogen-bond acceptors (Lipinski definition) is 2. The van der Waals surface area contributed by atoms with Gasteiger partial charge in [0.25, 0.3) is 0 Å². The first-order valence-electron chi connectivity index (χ1n) is 4.88. The second-order valence-electron chi connectivity index (χ2n) is 2.20. The molecule has 0 saturated carbocycles. The summed E-state index contributed by atoms with van der Waals surface area (Å²) in [6.45, 7) is 8.72. The summed E-state index contributed by atoms with van der Waals surface area (Å²) in [6.07, 6.45) is 0. The smallest absolute Gasteiger partial charge is 0.0133 e. The van der Waals surface area contributed by atoms with E-state index in [1.807, 2.05) is 21.6 Å². The molecule has 0 heterocycles. The van der Waals surface area contributed by atoms with E-state index >= 15 is 0 Å². The Morgan fingerprint density at radius 2 is 1.14 bits per heavy atom. The van der Waals surface area contributed by atoms with E-state index in [-0.39, 0.29) is 19.4 Å². The molecule has 0 aromatic rings. The molecule has 0 aromatic heterocycles. The van der Waals surface area contributed by atoms with Gasteiger partial charge in [0.2, 0.25) is 0 Å². The van der Waals surface area contributed by atoms with Crippen LogP contribution in [0.3, 0.4) is 0 Å². The fourth-order valence-corrected chi connectivity index (χ4v) is 5.88. The van der Waals surface area contributed by atoms with Gasteiger partial charge in [-0.3, -0.25) is 0 Å². The van der Waals surface area contributed by atoms with Crippen molar-refractivity contribution >= 4 is 41.0 Å². The third kappa shape index (κ3) is 7.31. The first kappa shape index (κ1) is 15.0. The Hall–Kier alpha value is 1.000. The Morgan fingerprint density at radius 1 is 0.786 bits per heavy atom. The third-order valence-corrected chi connectivity index (χ3v) is 8.71. The van der Waals surface area contributed by atoms with Crippen LogP contribution in [-0.4, -0.2) is 23.0 Å². The van der Waals surface area contributed by atoms with Gasteiger partial charge in [0.1, 0.15) is 0 Å². The lowest BCUT2D eigenvalue weighted by molar-refractivity contribution is 1.31. The van der Waals surface area contributed by atoms with Gasteiger partial charge in [-0.2, -0.15) is 0 Å². The monoisotopic (exact) mass is 272 g/mol. The van der Waals surface area contributed by atoms with Crippen LogP contribution in [0.15, 0.2) is 8.94 Å². The molecule has 0 saturated heterocycles. The van der Waals surface area contributed by atoms with E-state index in [1.54, 1.807) is 0 Å². The van der Waals surface area contributed by atoms with Crippen LogP contribution in [0.4, 0.5) is 0 Å². The summed E-state index contributed by atoms with van der Waals surface area (Å²) in [5, 5.41) is 0. The number of hydrogen-bond donors (Lipinski definition) is 0. The van der Waals surface area contributed by atoms with Gasteiger partial charge < -0.3 is 0 Å². The lowest BCUT2D eigenvalue weighted by Crippen LogP contribution is -1.89. The third-order valence-electron chi connectivity index (χ3n) is 1.22. The van der Waals surface area contributed by atoms with E-state index in [0.717, 1.165) is 23.0 Å². The van der Waals surface area contributed by atoms with Crippen molar-refractivity contribution in [3.63, 3.8) is 0 Å². The van der Waals surface area contributed by atoms with Gasteiger partial charge in [-0.25, -0.2) is 0 Å². The molecule has 0 aliphatic heterocycles. The summed E-state index contributed by atoms with van der Waals surface area (Å²) in [7, 11) is 4.04. The molecule has 0 N–H and O–H groups in total. The van der Waals surface area contributed by atoms with E-state index in [0.29, 0.717) is 0 Å². The molecular weight excluding hydrogens is 252 g/mol. The fraction of sp³-hybridized carbons (Fsp3) is 1.00. The fourth-order valence-electron chi connectivity index (χ4n) is 0.676. The molecule has 0 aromatic carbocycles. The maximum absolute atomic E-state index is 4.43. The Kier molecular flexibility index (Phi) is 11.3. The van der Waals surface area contributed by atoms with Crippen molar-refractivity contribution in [2.45, 2.75) is 27.7 Å². The highest BCUT2D eigenvalue weighted by Crippen LogP contribution is 2.14. The summed E-state index contributed by atoms with van der Waals surface area (Å²) in [5.74, 6) is 4.49. The standard InChI is InChI=1S/C8H20N2S4/c1-5-11-13(7-3)9-10-14(8-4)12-6-2/h5-8H2,1-4H3. The van der Waals surface area contributed by atoms with Gasteiger partial charge in [0, 0.05) is 23.0 Å². The van der Waals surface area contributed by atoms with Crippen LogP contribution in [-0.2, 0) is 19.4 Å². The highest BCUT2D eigenvalue weighted by atomic mass is 33.1. The molecule has 14 heavy (non-hydrogen) atoms. The molecule has 86 valence electrons. The SMILES string of the molecule is CCS/S(CC)=N\N=S(/CC)SCC. The predicted octanol–water partition coefficient (Wildman–Crippen LogP) is 3.88. The minimum absolute atomic E-state index is 0.111. The van der Waals surface area contributed by atoms with Gasteiger partial charge in [0.05, 0.1) is 0 Å². The van der Waals surface area contributed by atoms with Crippen molar-refractivity contribution in [3.8, 4) is 0 Å². The zero-order valence-electron chi connectivity index (χ0n) is 9.36. The van der Waals surface area contributed by atoms with Gasteiger partial charge >= 0.3 is 0 Å². The topological polar surface area (TPSA) is 24.7 Å². The molecule has 0 radical (unpaired) electrons. The highest BCUT2D eigenvalue weighted by Gasteiger charge is 1.94. The summed E-state index contributed by atoms with van der Waals surface area (Å²) >= 11 is 0. The van der Waals surface area contributed by atoms with Crippen LogP contribution < -0.4 is 0 Å². The van der Waals surface area contributed by atoms with Crippen molar-refractivity contribution in [2.24, 2.45) is 8.94 Å². The summed E-state index contributed by atoms with van der Waals surface area (Å²) in [4.78, 5) is 0. The maximum atomic E-state index is 4.43. The molecule has 2 atom stereocenters. The minimum atomic E-state index is 0.111. The summed E-state index contributed by atoms with van der Waals surface area (Å²) < 4.78 is 8.86. The predicted molar refractivity (Wildman–Crippen MR) is 76.9 cm³/mol. The number of nitrogens with zero attached hydrogens (tertiary/aromatic N) is 2. The summed E-state index contributed by atoms with van der Waals surface area (Å²) in [5.41, 5.74) is 0. The van der Waals surface area contributed by atoms with Crippen molar-refractivity contribution < 1.29 is 0 Å². The van der Waals surface area contributed by atoms with Crippen LogP contribution in [0.1, 0.15) is 27.7 Å². The molecule has 0 spiro atoms. The average Bonchev–Trinajstić information content (AvgIpc) is 2.22.